The van der Waals surface area contributed by atoms with Crippen LogP contribution in [0.5, 0.6) is 0 Å². The van der Waals surface area contributed by atoms with Gasteiger partial charge in [-0.1, -0.05) is 71.8 Å². The summed E-state index contributed by atoms with van der Waals surface area (Å²) in [5.41, 5.74) is 3.25. The van der Waals surface area contributed by atoms with Gasteiger partial charge in [0.15, 0.2) is 0 Å². The second kappa shape index (κ2) is 8.70. The summed E-state index contributed by atoms with van der Waals surface area (Å²) >= 11 is 12.5. The van der Waals surface area contributed by atoms with E-state index in [1.807, 2.05) is 42.6 Å². The van der Waals surface area contributed by atoms with E-state index in [4.69, 9.17) is 23.2 Å². The highest BCUT2D eigenvalue weighted by molar-refractivity contribution is 6.36. The Morgan fingerprint density at radius 3 is 2.52 bits per heavy atom. The van der Waals surface area contributed by atoms with Crippen LogP contribution in [-0.2, 0) is 6.54 Å². The van der Waals surface area contributed by atoms with E-state index in [0.717, 1.165) is 17.8 Å². The van der Waals surface area contributed by atoms with Crippen LogP contribution in [0.2, 0.25) is 10.0 Å². The molecule has 0 aliphatic carbocycles. The fraction of sp³-hybridized carbons (Fsp3) is 0.0952. The molecule has 0 aliphatic rings. The van der Waals surface area contributed by atoms with Crippen molar-refractivity contribution < 1.29 is 0 Å². The monoisotopic (exact) mass is 368 g/mol. The lowest BCUT2D eigenvalue weighted by molar-refractivity contribution is 0.863. The van der Waals surface area contributed by atoms with Gasteiger partial charge in [-0.25, -0.2) is 0 Å². The van der Waals surface area contributed by atoms with Crippen LogP contribution >= 0.6 is 23.2 Å². The van der Waals surface area contributed by atoms with Crippen LogP contribution in [-0.4, -0.2) is 11.5 Å². The van der Waals surface area contributed by atoms with Crippen LogP contribution in [0.1, 0.15) is 11.1 Å². The third kappa shape index (κ3) is 5.09. The van der Waals surface area contributed by atoms with Crippen LogP contribution in [0.25, 0.3) is 6.08 Å². The van der Waals surface area contributed by atoms with E-state index >= 15 is 0 Å². The van der Waals surface area contributed by atoms with Crippen molar-refractivity contribution in [2.24, 2.45) is 0 Å². The molecule has 0 saturated carbocycles. The van der Waals surface area contributed by atoms with Crippen molar-refractivity contribution in [3.05, 3.63) is 100 Å². The largest absolute Gasteiger partial charge is 0.362 e. The minimum atomic E-state index is 0.634. The summed E-state index contributed by atoms with van der Waals surface area (Å²) in [6.45, 7) is 1.44. The minimum absolute atomic E-state index is 0.634. The zero-order valence-electron chi connectivity index (χ0n) is 13.6. The maximum atomic E-state index is 6.42. The molecule has 0 bridgehead atoms. The number of aromatic nitrogens is 1. The van der Waals surface area contributed by atoms with Gasteiger partial charge in [0.2, 0.25) is 0 Å². The van der Waals surface area contributed by atoms with E-state index in [1.165, 1.54) is 5.56 Å². The van der Waals surface area contributed by atoms with Crippen molar-refractivity contribution in [2.45, 2.75) is 6.54 Å². The van der Waals surface area contributed by atoms with Gasteiger partial charge in [-0.05, 0) is 35.4 Å². The summed E-state index contributed by atoms with van der Waals surface area (Å²) in [5, 5.41) is 1.28. The van der Waals surface area contributed by atoms with Crippen LogP contribution in [0.15, 0.2) is 79.1 Å². The van der Waals surface area contributed by atoms with Crippen LogP contribution < -0.4 is 4.90 Å². The maximum Gasteiger partial charge on any atom is 0.0654 e. The molecule has 0 N–H and O–H groups in total. The Bertz CT molecular complexity index is 833. The van der Waals surface area contributed by atoms with Crippen molar-refractivity contribution in [1.82, 2.24) is 4.98 Å². The van der Waals surface area contributed by atoms with Crippen LogP contribution in [0, 0.1) is 0 Å². The first kappa shape index (κ1) is 17.5. The number of hydrogen-bond donors (Lipinski definition) is 0. The lowest BCUT2D eigenvalue weighted by Gasteiger charge is -2.24. The molecular weight excluding hydrogens is 351 g/mol. The zero-order valence-corrected chi connectivity index (χ0v) is 15.2. The van der Waals surface area contributed by atoms with Crippen LogP contribution in [0.3, 0.4) is 0 Å². The van der Waals surface area contributed by atoms with Crippen molar-refractivity contribution in [2.75, 3.05) is 11.4 Å². The third-order valence-corrected chi connectivity index (χ3v) is 4.32. The summed E-state index contributed by atoms with van der Waals surface area (Å²) in [6, 6.07) is 19.8. The lowest BCUT2D eigenvalue weighted by atomic mass is 10.2. The van der Waals surface area contributed by atoms with E-state index < -0.39 is 0 Å². The average molecular weight is 369 g/mol. The first-order valence-electron chi connectivity index (χ1n) is 8.03. The highest BCUT2D eigenvalue weighted by Gasteiger charge is 2.10. The second-order valence-corrected chi connectivity index (χ2v) is 6.49. The SMILES string of the molecule is Clc1ccc(N(CC=Cc2ccccc2)Cc2cccnc2)c(Cl)c1. The minimum Gasteiger partial charge on any atom is -0.362 e. The van der Waals surface area contributed by atoms with Crippen molar-refractivity contribution in [1.29, 1.82) is 0 Å². The summed E-state index contributed by atoms with van der Waals surface area (Å²) < 4.78 is 0. The van der Waals surface area contributed by atoms with Crippen molar-refractivity contribution in [3.63, 3.8) is 0 Å². The number of pyridine rings is 1. The smallest absolute Gasteiger partial charge is 0.0654 e. The summed E-state index contributed by atoms with van der Waals surface area (Å²) in [4.78, 5) is 6.40. The van der Waals surface area contributed by atoms with E-state index in [9.17, 15) is 0 Å². The first-order valence-corrected chi connectivity index (χ1v) is 8.78. The van der Waals surface area contributed by atoms with Gasteiger partial charge in [0.05, 0.1) is 10.7 Å². The van der Waals surface area contributed by atoms with Gasteiger partial charge in [-0.2, -0.15) is 0 Å². The first-order chi connectivity index (χ1) is 12.2. The molecule has 0 amide bonds. The summed E-state index contributed by atoms with van der Waals surface area (Å²) in [5.74, 6) is 0. The van der Waals surface area contributed by atoms with E-state index in [0.29, 0.717) is 16.6 Å². The molecule has 0 aliphatic heterocycles. The number of anilines is 1. The van der Waals surface area contributed by atoms with E-state index in [2.05, 4.69) is 40.2 Å². The molecule has 0 fully saturated rings. The number of nitrogens with zero attached hydrogens (tertiary/aromatic N) is 2. The number of hydrogen-bond acceptors (Lipinski definition) is 2. The lowest BCUT2D eigenvalue weighted by Crippen LogP contribution is -2.23. The Morgan fingerprint density at radius 1 is 0.960 bits per heavy atom. The number of benzene rings is 2. The molecule has 2 nitrogen and oxygen atoms in total. The van der Waals surface area contributed by atoms with Gasteiger partial charge in [0.1, 0.15) is 0 Å². The molecule has 0 spiro atoms. The van der Waals surface area contributed by atoms with E-state index in [-0.39, 0.29) is 0 Å². The molecule has 0 radical (unpaired) electrons. The predicted octanol–water partition coefficient (Wildman–Crippen LogP) is 6.11. The zero-order chi connectivity index (χ0) is 17.5. The molecule has 3 rings (SSSR count). The Hall–Kier alpha value is -2.29. The molecule has 0 unspecified atom stereocenters. The van der Waals surface area contributed by atoms with Crippen LogP contribution in [0.4, 0.5) is 5.69 Å². The van der Waals surface area contributed by atoms with Gasteiger partial charge in [0.25, 0.3) is 0 Å². The number of halogens is 2. The fourth-order valence-corrected chi connectivity index (χ4v) is 3.11. The highest BCUT2D eigenvalue weighted by Crippen LogP contribution is 2.29. The molecule has 3 aromatic rings. The predicted molar refractivity (Wildman–Crippen MR) is 107 cm³/mol. The quantitative estimate of drug-likeness (QED) is 0.521. The Balaban J connectivity index is 1.82. The topological polar surface area (TPSA) is 16.1 Å². The third-order valence-electron chi connectivity index (χ3n) is 3.78. The van der Waals surface area contributed by atoms with Gasteiger partial charge in [-0.3, -0.25) is 4.98 Å². The van der Waals surface area contributed by atoms with E-state index in [1.54, 1.807) is 12.3 Å². The molecule has 0 saturated heterocycles. The van der Waals surface area contributed by atoms with Crippen molar-refractivity contribution >= 4 is 35.0 Å². The standard InChI is InChI=1S/C21H18Cl2N2/c22-19-10-11-21(20(23)14-19)25(16-18-8-4-12-24-15-18)13-5-9-17-6-2-1-3-7-17/h1-12,14-15H,13,16H2. The van der Waals surface area contributed by atoms with Gasteiger partial charge < -0.3 is 4.90 Å². The molecule has 1 heterocycles. The maximum absolute atomic E-state index is 6.42. The molecular formula is C21H18Cl2N2. The molecule has 126 valence electrons. The Labute approximate surface area is 158 Å². The van der Waals surface area contributed by atoms with Gasteiger partial charge in [-0.15, -0.1) is 0 Å². The molecule has 4 heteroatoms. The average Bonchev–Trinajstić information content (AvgIpc) is 2.63. The Kier molecular flexibility index (Phi) is 6.10. The van der Waals surface area contributed by atoms with Gasteiger partial charge in [0, 0.05) is 30.5 Å². The second-order valence-electron chi connectivity index (χ2n) is 5.65. The van der Waals surface area contributed by atoms with Crippen molar-refractivity contribution in [3.8, 4) is 0 Å². The Morgan fingerprint density at radius 2 is 1.80 bits per heavy atom. The van der Waals surface area contributed by atoms with Gasteiger partial charge >= 0.3 is 0 Å². The molecule has 1 aromatic heterocycles. The number of rotatable bonds is 6. The fourth-order valence-electron chi connectivity index (χ4n) is 2.58. The molecule has 0 atom stereocenters. The highest BCUT2D eigenvalue weighted by atomic mass is 35.5. The summed E-state index contributed by atoms with van der Waals surface area (Å²) in [6.07, 6.45) is 7.90. The molecule has 2 aromatic carbocycles. The molecule has 25 heavy (non-hydrogen) atoms. The summed E-state index contributed by atoms with van der Waals surface area (Å²) in [7, 11) is 0. The normalized spacial score (nSPS) is 11.0.